The van der Waals surface area contributed by atoms with E-state index in [0.29, 0.717) is 19.8 Å². The van der Waals surface area contributed by atoms with Gasteiger partial charge < -0.3 is 15.4 Å². The largest absolute Gasteiger partial charge is 0.416 e. The van der Waals surface area contributed by atoms with Crippen LogP contribution in [0.3, 0.4) is 0 Å². The van der Waals surface area contributed by atoms with Gasteiger partial charge in [-0.1, -0.05) is 12.1 Å². The smallest absolute Gasteiger partial charge is 0.379 e. The van der Waals surface area contributed by atoms with Gasteiger partial charge in [-0.25, -0.2) is 0 Å². The third-order valence-corrected chi connectivity index (χ3v) is 5.05. The molecule has 28 heavy (non-hydrogen) atoms. The fourth-order valence-electron chi connectivity index (χ4n) is 3.22. The third kappa shape index (κ3) is 6.77. The Labute approximate surface area is 181 Å². The van der Waals surface area contributed by atoms with Gasteiger partial charge in [0.1, 0.15) is 0 Å². The average Bonchev–Trinajstić information content (AvgIpc) is 3.49. The second kappa shape index (κ2) is 10.6. The van der Waals surface area contributed by atoms with Crippen molar-refractivity contribution in [3.8, 4) is 0 Å². The predicted molar refractivity (Wildman–Crippen MR) is 114 cm³/mol. The number of nitrogens with one attached hydrogen (secondary N) is 2. The van der Waals surface area contributed by atoms with Gasteiger partial charge in [-0.3, -0.25) is 9.89 Å². The number of ether oxygens (including phenoxy) is 1. The molecule has 5 nitrogen and oxygen atoms in total. The zero-order valence-corrected chi connectivity index (χ0v) is 18.3. The first-order valence-corrected chi connectivity index (χ1v) is 9.41. The van der Waals surface area contributed by atoms with E-state index in [0.717, 1.165) is 49.2 Å². The van der Waals surface area contributed by atoms with Crippen LogP contribution in [0.25, 0.3) is 0 Å². The van der Waals surface area contributed by atoms with Crippen LogP contribution >= 0.6 is 24.0 Å². The van der Waals surface area contributed by atoms with E-state index in [2.05, 4.69) is 20.5 Å². The molecule has 1 saturated heterocycles. The molecule has 9 heteroatoms. The first-order valence-electron chi connectivity index (χ1n) is 9.41. The van der Waals surface area contributed by atoms with Gasteiger partial charge >= 0.3 is 6.18 Å². The maximum absolute atomic E-state index is 12.9. The van der Waals surface area contributed by atoms with Gasteiger partial charge in [0.2, 0.25) is 0 Å². The van der Waals surface area contributed by atoms with Gasteiger partial charge in [0.25, 0.3) is 0 Å². The number of benzene rings is 1. The maximum atomic E-state index is 12.9. The second-order valence-electron chi connectivity index (χ2n) is 7.06. The van der Waals surface area contributed by atoms with Crippen LogP contribution in [0.15, 0.2) is 29.3 Å². The lowest BCUT2D eigenvalue weighted by Crippen LogP contribution is -2.46. The van der Waals surface area contributed by atoms with Crippen molar-refractivity contribution in [2.24, 2.45) is 10.9 Å². The maximum Gasteiger partial charge on any atom is 0.416 e. The monoisotopic (exact) mass is 512 g/mol. The van der Waals surface area contributed by atoms with E-state index in [4.69, 9.17) is 4.74 Å². The summed E-state index contributed by atoms with van der Waals surface area (Å²) in [6.45, 7) is 4.23. The number of aliphatic imine (C=N–C) groups is 1. The third-order valence-electron chi connectivity index (χ3n) is 5.05. The van der Waals surface area contributed by atoms with Gasteiger partial charge in [-0.2, -0.15) is 13.2 Å². The minimum Gasteiger partial charge on any atom is -0.379 e. The number of hydrogen-bond acceptors (Lipinski definition) is 3. The molecule has 1 aliphatic heterocycles. The van der Waals surface area contributed by atoms with Crippen LogP contribution < -0.4 is 10.6 Å². The molecule has 0 amide bonds. The molecule has 3 rings (SSSR count). The van der Waals surface area contributed by atoms with Gasteiger partial charge in [-0.15, -0.1) is 24.0 Å². The Bertz CT molecular complexity index is 629. The van der Waals surface area contributed by atoms with E-state index in [1.165, 1.54) is 12.8 Å². The summed E-state index contributed by atoms with van der Waals surface area (Å²) in [6.07, 6.45) is -1.81. The average molecular weight is 512 g/mol. The molecule has 1 atom stereocenters. The van der Waals surface area contributed by atoms with Gasteiger partial charge in [0.05, 0.1) is 24.8 Å². The minimum absolute atomic E-state index is 0. The van der Waals surface area contributed by atoms with Crippen LogP contribution in [0.2, 0.25) is 0 Å². The highest BCUT2D eigenvalue weighted by Gasteiger charge is 2.31. The van der Waals surface area contributed by atoms with Crippen molar-refractivity contribution in [3.05, 3.63) is 35.4 Å². The molecule has 1 unspecified atom stereocenters. The molecule has 0 bridgehead atoms. The molecule has 2 aliphatic rings. The van der Waals surface area contributed by atoms with Crippen molar-refractivity contribution in [3.63, 3.8) is 0 Å². The molecule has 2 N–H and O–H groups in total. The lowest BCUT2D eigenvalue weighted by Gasteiger charge is -2.35. The first kappa shape index (κ1) is 23.2. The molecule has 158 valence electrons. The van der Waals surface area contributed by atoms with Gasteiger partial charge in [0, 0.05) is 33.2 Å². The van der Waals surface area contributed by atoms with E-state index in [1.807, 2.05) is 0 Å². The molecule has 0 radical (unpaired) electrons. The Balaban J connectivity index is 0.00000280. The van der Waals surface area contributed by atoms with Crippen molar-refractivity contribution in [1.82, 2.24) is 15.5 Å². The Morgan fingerprint density at radius 2 is 1.82 bits per heavy atom. The number of guanidine groups is 1. The van der Waals surface area contributed by atoms with Crippen LogP contribution in [0, 0.1) is 5.92 Å². The summed E-state index contributed by atoms with van der Waals surface area (Å²) in [5.74, 6) is 1.46. The van der Waals surface area contributed by atoms with Crippen LogP contribution in [0.1, 0.15) is 30.0 Å². The van der Waals surface area contributed by atoms with Crippen LogP contribution in [0.5, 0.6) is 0 Å². The van der Waals surface area contributed by atoms with Gasteiger partial charge in [0.15, 0.2) is 5.96 Å². The van der Waals surface area contributed by atoms with Crippen molar-refractivity contribution in [2.75, 3.05) is 46.4 Å². The molecule has 1 heterocycles. The highest BCUT2D eigenvalue weighted by atomic mass is 127. The molecule has 1 aromatic carbocycles. The number of morpholine rings is 1. The van der Waals surface area contributed by atoms with Crippen molar-refractivity contribution in [2.45, 2.75) is 25.1 Å². The Morgan fingerprint density at radius 3 is 2.36 bits per heavy atom. The quantitative estimate of drug-likeness (QED) is 0.349. The fourth-order valence-corrected chi connectivity index (χ4v) is 3.22. The zero-order valence-electron chi connectivity index (χ0n) is 16.0. The fraction of sp³-hybridized carbons (Fsp3) is 0.632. The number of halogens is 4. The van der Waals surface area contributed by atoms with E-state index in [-0.39, 0.29) is 30.0 Å². The van der Waals surface area contributed by atoms with E-state index < -0.39 is 11.7 Å². The number of rotatable bonds is 6. The van der Waals surface area contributed by atoms with Crippen molar-refractivity contribution in [1.29, 1.82) is 0 Å². The summed E-state index contributed by atoms with van der Waals surface area (Å²) in [7, 11) is 1.73. The van der Waals surface area contributed by atoms with Crippen molar-refractivity contribution >= 4 is 29.9 Å². The molecular weight excluding hydrogens is 484 g/mol. The molecule has 1 aliphatic carbocycles. The molecule has 1 aromatic rings. The van der Waals surface area contributed by atoms with Crippen LogP contribution in [-0.4, -0.2) is 57.3 Å². The topological polar surface area (TPSA) is 48.9 Å². The van der Waals surface area contributed by atoms with Crippen LogP contribution in [-0.2, 0) is 10.9 Å². The lowest BCUT2D eigenvalue weighted by atomic mass is 10.0. The van der Waals surface area contributed by atoms with E-state index in [1.54, 1.807) is 19.2 Å². The summed E-state index contributed by atoms with van der Waals surface area (Å²) in [5, 5.41) is 6.64. The Hall–Kier alpha value is -1.07. The Kier molecular flexibility index (Phi) is 8.81. The summed E-state index contributed by atoms with van der Waals surface area (Å²) < 4.78 is 44.0. The SMILES string of the molecule is CN=C(NCC1CC1)NCC(c1ccc(C(F)(F)F)cc1)N1CCOCC1.I. The summed E-state index contributed by atoms with van der Waals surface area (Å²) >= 11 is 0. The normalized spacial score (nSPS) is 19.6. The molecular formula is C19H28F3IN4O. The minimum atomic E-state index is -4.32. The molecule has 0 aromatic heterocycles. The van der Waals surface area contributed by atoms with Crippen molar-refractivity contribution < 1.29 is 17.9 Å². The number of nitrogens with zero attached hydrogens (tertiary/aromatic N) is 2. The van der Waals surface area contributed by atoms with E-state index in [9.17, 15) is 13.2 Å². The molecule has 2 fully saturated rings. The lowest BCUT2D eigenvalue weighted by molar-refractivity contribution is -0.137. The molecule has 1 saturated carbocycles. The first-order chi connectivity index (χ1) is 13.0. The van der Waals surface area contributed by atoms with Gasteiger partial charge in [-0.05, 0) is 36.5 Å². The highest BCUT2D eigenvalue weighted by Crippen LogP contribution is 2.31. The van der Waals surface area contributed by atoms with Crippen LogP contribution in [0.4, 0.5) is 13.2 Å². The number of hydrogen-bond donors (Lipinski definition) is 2. The molecule has 0 spiro atoms. The predicted octanol–water partition coefficient (Wildman–Crippen LogP) is 3.27. The summed E-state index contributed by atoms with van der Waals surface area (Å²) in [4.78, 5) is 6.49. The number of alkyl halides is 3. The zero-order chi connectivity index (χ0) is 19.3. The second-order valence-corrected chi connectivity index (χ2v) is 7.06. The standard InChI is InChI=1S/C19H27F3N4O.HI/c1-23-18(24-12-14-2-3-14)25-13-17(26-8-10-27-11-9-26)15-4-6-16(7-5-15)19(20,21)22;/h4-7,14,17H,2-3,8-13H2,1H3,(H2,23,24,25);1H. The summed E-state index contributed by atoms with van der Waals surface area (Å²) in [5.41, 5.74) is 0.233. The highest BCUT2D eigenvalue weighted by molar-refractivity contribution is 14.0. The Morgan fingerprint density at radius 1 is 1.18 bits per heavy atom. The van der Waals surface area contributed by atoms with E-state index >= 15 is 0 Å². The summed E-state index contributed by atoms with van der Waals surface area (Å²) in [6, 6.07) is 5.41.